The standard InChI is InChI=1S/C25H23FN4O3S/c1-17-4-14-23(15-5-17)34(32,33)29(3)21-10-6-19(7-11-21)25(31)27-24-16-18(2)28-30(24)22-12-8-20(26)9-13-22/h4-16H,1-3H3,(H,27,31). The number of amides is 1. The van der Waals surface area contributed by atoms with Gasteiger partial charge in [-0.1, -0.05) is 17.7 Å². The first-order chi connectivity index (χ1) is 16.1. The second kappa shape index (κ2) is 9.11. The van der Waals surface area contributed by atoms with Crippen molar-refractivity contribution in [3.8, 4) is 5.69 Å². The summed E-state index contributed by atoms with van der Waals surface area (Å²) < 4.78 is 41.8. The number of carbonyl (C=O) groups is 1. The zero-order valence-electron chi connectivity index (χ0n) is 18.9. The zero-order chi connectivity index (χ0) is 24.5. The van der Waals surface area contributed by atoms with Gasteiger partial charge in [0.2, 0.25) is 0 Å². The fourth-order valence-corrected chi connectivity index (χ4v) is 4.58. The number of aromatic nitrogens is 2. The van der Waals surface area contributed by atoms with E-state index >= 15 is 0 Å². The monoisotopic (exact) mass is 478 g/mol. The van der Waals surface area contributed by atoms with Crippen molar-refractivity contribution >= 4 is 27.4 Å². The summed E-state index contributed by atoms with van der Waals surface area (Å²) in [5.41, 5.74) is 3.01. The van der Waals surface area contributed by atoms with Gasteiger partial charge in [0.05, 0.1) is 22.0 Å². The predicted molar refractivity (Wildman–Crippen MR) is 129 cm³/mol. The summed E-state index contributed by atoms with van der Waals surface area (Å²) >= 11 is 0. The van der Waals surface area contributed by atoms with Crippen molar-refractivity contribution < 1.29 is 17.6 Å². The first-order valence-corrected chi connectivity index (χ1v) is 11.9. The maximum atomic E-state index is 13.3. The van der Waals surface area contributed by atoms with Gasteiger partial charge in [-0.2, -0.15) is 5.10 Å². The van der Waals surface area contributed by atoms with Crippen LogP contribution < -0.4 is 9.62 Å². The van der Waals surface area contributed by atoms with Gasteiger partial charge in [0.25, 0.3) is 15.9 Å². The van der Waals surface area contributed by atoms with Crippen LogP contribution in [-0.2, 0) is 10.0 Å². The molecule has 0 bridgehead atoms. The van der Waals surface area contributed by atoms with E-state index in [4.69, 9.17) is 0 Å². The quantitative estimate of drug-likeness (QED) is 0.435. The van der Waals surface area contributed by atoms with Crippen molar-refractivity contribution in [1.82, 2.24) is 9.78 Å². The number of anilines is 2. The minimum Gasteiger partial charge on any atom is -0.306 e. The Labute approximate surface area is 197 Å². The summed E-state index contributed by atoms with van der Waals surface area (Å²) in [5.74, 6) is -0.330. The summed E-state index contributed by atoms with van der Waals surface area (Å²) in [6.07, 6.45) is 0. The summed E-state index contributed by atoms with van der Waals surface area (Å²) in [6, 6.07) is 20.3. The Balaban J connectivity index is 1.53. The lowest BCUT2D eigenvalue weighted by Crippen LogP contribution is -2.26. The van der Waals surface area contributed by atoms with Crippen molar-refractivity contribution in [3.63, 3.8) is 0 Å². The Bertz CT molecular complexity index is 1430. The molecule has 0 radical (unpaired) electrons. The third kappa shape index (κ3) is 4.69. The van der Waals surface area contributed by atoms with E-state index in [2.05, 4.69) is 10.4 Å². The van der Waals surface area contributed by atoms with Gasteiger partial charge < -0.3 is 5.32 Å². The number of nitrogens with zero attached hydrogens (tertiary/aromatic N) is 3. The molecule has 174 valence electrons. The van der Waals surface area contributed by atoms with Crippen LogP contribution in [0.4, 0.5) is 15.9 Å². The van der Waals surface area contributed by atoms with E-state index in [1.807, 2.05) is 6.92 Å². The fourth-order valence-electron chi connectivity index (χ4n) is 3.39. The van der Waals surface area contributed by atoms with Crippen LogP contribution in [0.1, 0.15) is 21.6 Å². The number of halogens is 1. The number of sulfonamides is 1. The van der Waals surface area contributed by atoms with Crippen LogP contribution in [0.25, 0.3) is 5.69 Å². The van der Waals surface area contributed by atoms with E-state index in [0.29, 0.717) is 28.5 Å². The second-order valence-corrected chi connectivity index (χ2v) is 9.82. The van der Waals surface area contributed by atoms with E-state index in [1.54, 1.807) is 73.7 Å². The summed E-state index contributed by atoms with van der Waals surface area (Å²) in [4.78, 5) is 13.0. The predicted octanol–water partition coefficient (Wildman–Crippen LogP) is 4.71. The van der Waals surface area contributed by atoms with Crippen molar-refractivity contribution in [2.75, 3.05) is 16.7 Å². The number of benzene rings is 3. The van der Waals surface area contributed by atoms with Crippen LogP contribution in [0.3, 0.4) is 0 Å². The minimum absolute atomic E-state index is 0.187. The zero-order valence-corrected chi connectivity index (χ0v) is 19.7. The van der Waals surface area contributed by atoms with Crippen LogP contribution in [0.5, 0.6) is 0 Å². The molecule has 1 amide bonds. The first kappa shape index (κ1) is 23.2. The Morgan fingerprint density at radius 3 is 2.18 bits per heavy atom. The van der Waals surface area contributed by atoms with Crippen LogP contribution in [-0.4, -0.2) is 31.2 Å². The van der Waals surface area contributed by atoms with E-state index < -0.39 is 10.0 Å². The van der Waals surface area contributed by atoms with Crippen molar-refractivity contribution in [3.05, 3.63) is 102 Å². The van der Waals surface area contributed by atoms with Gasteiger partial charge in [0.1, 0.15) is 11.6 Å². The number of rotatable bonds is 6. The van der Waals surface area contributed by atoms with Gasteiger partial charge in [-0.15, -0.1) is 0 Å². The summed E-state index contributed by atoms with van der Waals surface area (Å²) in [7, 11) is -2.27. The molecule has 0 unspecified atom stereocenters. The lowest BCUT2D eigenvalue weighted by Gasteiger charge is -2.20. The number of hydrogen-bond acceptors (Lipinski definition) is 4. The molecule has 0 saturated carbocycles. The molecule has 1 aromatic heterocycles. The van der Waals surface area contributed by atoms with E-state index in [9.17, 15) is 17.6 Å². The third-order valence-electron chi connectivity index (χ3n) is 5.32. The maximum Gasteiger partial charge on any atom is 0.264 e. The van der Waals surface area contributed by atoms with E-state index in [0.717, 1.165) is 5.56 Å². The maximum absolute atomic E-state index is 13.3. The minimum atomic E-state index is -3.73. The fraction of sp³-hybridized carbons (Fsp3) is 0.120. The highest BCUT2D eigenvalue weighted by molar-refractivity contribution is 7.92. The smallest absolute Gasteiger partial charge is 0.264 e. The second-order valence-electron chi connectivity index (χ2n) is 7.85. The average Bonchev–Trinajstić information content (AvgIpc) is 3.19. The molecule has 0 aliphatic carbocycles. The van der Waals surface area contributed by atoms with Crippen molar-refractivity contribution in [1.29, 1.82) is 0 Å². The van der Waals surface area contributed by atoms with Crippen molar-refractivity contribution in [2.24, 2.45) is 0 Å². The lowest BCUT2D eigenvalue weighted by molar-refractivity contribution is 0.102. The number of carbonyl (C=O) groups excluding carboxylic acids is 1. The molecule has 7 nitrogen and oxygen atoms in total. The highest BCUT2D eigenvalue weighted by atomic mass is 32.2. The number of aryl methyl sites for hydroxylation is 2. The molecule has 3 aromatic carbocycles. The van der Waals surface area contributed by atoms with Gasteiger partial charge >= 0.3 is 0 Å². The summed E-state index contributed by atoms with van der Waals surface area (Å²) in [5, 5.41) is 7.17. The normalized spacial score (nSPS) is 11.3. The molecule has 4 rings (SSSR count). The van der Waals surface area contributed by atoms with Crippen LogP contribution in [0.15, 0.2) is 83.8 Å². The largest absolute Gasteiger partial charge is 0.306 e. The van der Waals surface area contributed by atoms with Crippen LogP contribution >= 0.6 is 0 Å². The highest BCUT2D eigenvalue weighted by Gasteiger charge is 2.21. The van der Waals surface area contributed by atoms with E-state index in [-0.39, 0.29) is 16.6 Å². The molecular weight excluding hydrogens is 455 g/mol. The molecule has 1 N–H and O–H groups in total. The molecule has 0 atom stereocenters. The Hall–Kier alpha value is -3.98. The van der Waals surface area contributed by atoms with Gasteiger partial charge in [-0.25, -0.2) is 17.5 Å². The molecule has 0 fully saturated rings. The average molecular weight is 479 g/mol. The molecule has 1 heterocycles. The molecule has 0 spiro atoms. The van der Waals surface area contributed by atoms with Gasteiger partial charge in [-0.3, -0.25) is 9.10 Å². The topological polar surface area (TPSA) is 84.3 Å². The SMILES string of the molecule is Cc1ccc(S(=O)(=O)N(C)c2ccc(C(=O)Nc3cc(C)nn3-c3ccc(F)cc3)cc2)cc1. The third-order valence-corrected chi connectivity index (χ3v) is 7.12. The number of nitrogens with one attached hydrogen (secondary N) is 1. The lowest BCUT2D eigenvalue weighted by atomic mass is 10.2. The van der Waals surface area contributed by atoms with Crippen LogP contribution in [0, 0.1) is 19.7 Å². The van der Waals surface area contributed by atoms with Crippen LogP contribution in [0.2, 0.25) is 0 Å². The molecule has 0 aliphatic rings. The molecule has 4 aromatic rings. The van der Waals surface area contributed by atoms with Gasteiger partial charge in [-0.05, 0) is 74.5 Å². The number of hydrogen-bond donors (Lipinski definition) is 1. The molecule has 0 aliphatic heterocycles. The van der Waals surface area contributed by atoms with E-state index in [1.165, 1.54) is 28.2 Å². The Morgan fingerprint density at radius 2 is 1.56 bits per heavy atom. The molecule has 34 heavy (non-hydrogen) atoms. The molecule has 0 saturated heterocycles. The Morgan fingerprint density at radius 1 is 0.941 bits per heavy atom. The van der Waals surface area contributed by atoms with Gasteiger partial charge in [0.15, 0.2) is 0 Å². The summed E-state index contributed by atoms with van der Waals surface area (Å²) in [6.45, 7) is 3.67. The first-order valence-electron chi connectivity index (χ1n) is 10.4. The molecule has 9 heteroatoms. The Kier molecular flexibility index (Phi) is 6.21. The van der Waals surface area contributed by atoms with Crippen molar-refractivity contribution in [2.45, 2.75) is 18.7 Å². The molecular formula is C25H23FN4O3S. The van der Waals surface area contributed by atoms with Gasteiger partial charge in [0, 0.05) is 18.7 Å². The highest BCUT2D eigenvalue weighted by Crippen LogP contribution is 2.24.